The number of hydrogen-bond acceptors (Lipinski definition) is 6. The highest BCUT2D eigenvalue weighted by Crippen LogP contribution is 2.43. The van der Waals surface area contributed by atoms with Crippen molar-refractivity contribution in [3.8, 4) is 0 Å². The molecule has 3 aliphatic heterocycles. The van der Waals surface area contributed by atoms with Crippen LogP contribution >= 0.6 is 0 Å². The third kappa shape index (κ3) is 2.02. The molecule has 2 N–H and O–H groups in total. The maximum Gasteiger partial charge on any atom is 0.164 e. The molecule has 0 saturated carbocycles. The highest BCUT2D eigenvalue weighted by molar-refractivity contribution is 5.74. The summed E-state index contributed by atoms with van der Waals surface area (Å²) in [4.78, 5) is 2.13. The standard InChI is InChI=1S/C15H20N2O4/c1-15(2)20-12-11(7-18)19-14(13(12)21-15)17-8-16-9-5-3-4-6-10(9)17/h3-6,11-14,16,18H,7-8H2,1-2H3/t11-,12-,13-,14-/m1/s1. The first-order chi connectivity index (χ1) is 10.1. The molecule has 4 rings (SSSR count). The van der Waals surface area contributed by atoms with E-state index < -0.39 is 5.79 Å². The van der Waals surface area contributed by atoms with Gasteiger partial charge >= 0.3 is 0 Å². The predicted octanol–water partition coefficient (Wildman–Crippen LogP) is 1.11. The normalized spacial score (nSPS) is 36.4. The zero-order valence-corrected chi connectivity index (χ0v) is 12.2. The van der Waals surface area contributed by atoms with Crippen LogP contribution in [0.1, 0.15) is 13.8 Å². The minimum Gasteiger partial charge on any atom is -0.394 e. The molecule has 0 spiro atoms. The van der Waals surface area contributed by atoms with Gasteiger partial charge in [-0.15, -0.1) is 0 Å². The van der Waals surface area contributed by atoms with E-state index in [0.717, 1.165) is 11.4 Å². The van der Waals surface area contributed by atoms with Gasteiger partial charge in [0.05, 0.1) is 24.7 Å². The van der Waals surface area contributed by atoms with Crippen LogP contribution in [-0.2, 0) is 14.2 Å². The van der Waals surface area contributed by atoms with Gasteiger partial charge in [0.1, 0.15) is 18.3 Å². The fourth-order valence-corrected chi connectivity index (χ4v) is 3.41. The van der Waals surface area contributed by atoms with Crippen molar-refractivity contribution in [2.24, 2.45) is 0 Å². The smallest absolute Gasteiger partial charge is 0.164 e. The molecule has 1 aromatic rings. The molecule has 0 bridgehead atoms. The predicted molar refractivity (Wildman–Crippen MR) is 77.0 cm³/mol. The average Bonchev–Trinajstić information content (AvgIpc) is 3.09. The minimum absolute atomic E-state index is 0.0694. The molecule has 3 aliphatic rings. The fourth-order valence-electron chi connectivity index (χ4n) is 3.41. The van der Waals surface area contributed by atoms with Crippen molar-refractivity contribution < 1.29 is 19.3 Å². The van der Waals surface area contributed by atoms with Crippen LogP contribution in [0.25, 0.3) is 0 Å². The summed E-state index contributed by atoms with van der Waals surface area (Å²) < 4.78 is 17.9. The summed E-state index contributed by atoms with van der Waals surface area (Å²) in [6.07, 6.45) is -1.05. The number of rotatable bonds is 2. The Bertz CT molecular complexity index is 550. The number of aliphatic hydroxyl groups is 1. The van der Waals surface area contributed by atoms with E-state index in [1.54, 1.807) is 0 Å². The van der Waals surface area contributed by atoms with Gasteiger partial charge in [0, 0.05) is 0 Å². The molecule has 6 nitrogen and oxygen atoms in total. The van der Waals surface area contributed by atoms with Gasteiger partial charge in [-0.3, -0.25) is 0 Å². The van der Waals surface area contributed by atoms with Crippen LogP contribution in [0.4, 0.5) is 11.4 Å². The molecule has 2 saturated heterocycles. The first-order valence-corrected chi connectivity index (χ1v) is 7.30. The van der Waals surface area contributed by atoms with Crippen LogP contribution in [0, 0.1) is 0 Å². The van der Waals surface area contributed by atoms with Gasteiger partial charge in [-0.2, -0.15) is 0 Å². The SMILES string of the molecule is CC1(C)O[C@@H]2[C@H](O1)[C@@H](CO)O[C@H]2N1CNc2ccccc21. The zero-order chi connectivity index (χ0) is 14.6. The summed E-state index contributed by atoms with van der Waals surface area (Å²) in [6.45, 7) is 4.38. The Morgan fingerprint density at radius 1 is 1.29 bits per heavy atom. The maximum absolute atomic E-state index is 9.54. The van der Waals surface area contributed by atoms with Crippen LogP contribution < -0.4 is 10.2 Å². The molecule has 1 aromatic carbocycles. The van der Waals surface area contributed by atoms with E-state index >= 15 is 0 Å². The van der Waals surface area contributed by atoms with Crippen molar-refractivity contribution in [3.63, 3.8) is 0 Å². The topological polar surface area (TPSA) is 63.2 Å². The monoisotopic (exact) mass is 292 g/mol. The van der Waals surface area contributed by atoms with E-state index in [1.165, 1.54) is 0 Å². The van der Waals surface area contributed by atoms with E-state index in [9.17, 15) is 5.11 Å². The van der Waals surface area contributed by atoms with Gasteiger partial charge < -0.3 is 29.5 Å². The second kappa shape index (κ2) is 4.58. The Hall–Kier alpha value is -1.34. The number of anilines is 2. The van der Waals surface area contributed by atoms with Gasteiger partial charge in [0.25, 0.3) is 0 Å². The number of nitrogens with zero attached hydrogens (tertiary/aromatic N) is 1. The summed E-state index contributed by atoms with van der Waals surface area (Å²) in [6, 6.07) is 8.11. The molecular formula is C15H20N2O4. The van der Waals surface area contributed by atoms with E-state index in [4.69, 9.17) is 14.2 Å². The van der Waals surface area contributed by atoms with Crippen LogP contribution in [0.15, 0.2) is 24.3 Å². The number of fused-ring (bicyclic) bond motifs is 2. The first-order valence-electron chi connectivity index (χ1n) is 7.30. The van der Waals surface area contributed by atoms with Crippen LogP contribution in [0.3, 0.4) is 0 Å². The molecule has 21 heavy (non-hydrogen) atoms. The largest absolute Gasteiger partial charge is 0.394 e. The molecular weight excluding hydrogens is 272 g/mol. The Labute approximate surface area is 123 Å². The summed E-state index contributed by atoms with van der Waals surface area (Å²) >= 11 is 0. The van der Waals surface area contributed by atoms with Crippen molar-refractivity contribution >= 4 is 11.4 Å². The van der Waals surface area contributed by atoms with Gasteiger partial charge in [-0.1, -0.05) is 12.1 Å². The molecule has 0 aromatic heterocycles. The van der Waals surface area contributed by atoms with Crippen molar-refractivity contribution in [2.75, 3.05) is 23.5 Å². The lowest BCUT2D eigenvalue weighted by molar-refractivity contribution is -0.189. The fraction of sp³-hybridized carbons (Fsp3) is 0.600. The Balaban J connectivity index is 1.64. The van der Waals surface area contributed by atoms with E-state index in [1.807, 2.05) is 32.0 Å². The van der Waals surface area contributed by atoms with Crippen molar-refractivity contribution in [1.29, 1.82) is 0 Å². The van der Waals surface area contributed by atoms with Crippen LogP contribution in [-0.4, -0.2) is 48.7 Å². The third-order valence-electron chi connectivity index (χ3n) is 4.27. The van der Waals surface area contributed by atoms with E-state index in [0.29, 0.717) is 6.67 Å². The summed E-state index contributed by atoms with van der Waals surface area (Å²) in [5.74, 6) is -0.641. The van der Waals surface area contributed by atoms with Gasteiger partial charge in [0.2, 0.25) is 0 Å². The average molecular weight is 292 g/mol. The summed E-state index contributed by atoms with van der Waals surface area (Å²) in [5, 5.41) is 12.9. The molecule has 0 amide bonds. The number of hydrogen-bond donors (Lipinski definition) is 2. The summed E-state index contributed by atoms with van der Waals surface area (Å²) in [5.41, 5.74) is 2.18. The van der Waals surface area contributed by atoms with Gasteiger partial charge in [0.15, 0.2) is 12.0 Å². The lowest BCUT2D eigenvalue weighted by Crippen LogP contribution is -2.44. The molecule has 0 radical (unpaired) electrons. The molecule has 114 valence electrons. The molecule has 6 heteroatoms. The number of aliphatic hydroxyl groups excluding tert-OH is 1. The summed E-state index contributed by atoms with van der Waals surface area (Å²) in [7, 11) is 0. The lowest BCUT2D eigenvalue weighted by atomic mass is 10.1. The van der Waals surface area contributed by atoms with E-state index in [2.05, 4.69) is 16.3 Å². The van der Waals surface area contributed by atoms with Crippen molar-refractivity contribution in [1.82, 2.24) is 0 Å². The quantitative estimate of drug-likeness (QED) is 0.851. The second-order valence-electron chi connectivity index (χ2n) is 6.13. The number of para-hydroxylation sites is 2. The molecule has 0 unspecified atom stereocenters. The highest BCUT2D eigenvalue weighted by atomic mass is 16.8. The van der Waals surface area contributed by atoms with Gasteiger partial charge in [-0.25, -0.2) is 0 Å². The molecule has 3 heterocycles. The second-order valence-corrected chi connectivity index (χ2v) is 6.13. The van der Waals surface area contributed by atoms with Crippen molar-refractivity contribution in [2.45, 2.75) is 44.2 Å². The third-order valence-corrected chi connectivity index (χ3v) is 4.27. The maximum atomic E-state index is 9.54. The first kappa shape index (κ1) is 13.3. The van der Waals surface area contributed by atoms with Gasteiger partial charge in [-0.05, 0) is 26.0 Å². The van der Waals surface area contributed by atoms with E-state index in [-0.39, 0.29) is 31.1 Å². The number of nitrogens with one attached hydrogen (secondary N) is 1. The Morgan fingerprint density at radius 3 is 2.86 bits per heavy atom. The minimum atomic E-state index is -0.641. The van der Waals surface area contributed by atoms with Crippen LogP contribution in [0.2, 0.25) is 0 Å². The molecule has 0 aliphatic carbocycles. The Kier molecular flexibility index (Phi) is 2.91. The molecule has 2 fully saturated rings. The number of benzene rings is 1. The highest BCUT2D eigenvalue weighted by Gasteiger charge is 2.57. The number of ether oxygens (including phenoxy) is 3. The lowest BCUT2D eigenvalue weighted by Gasteiger charge is -2.30. The Morgan fingerprint density at radius 2 is 2.05 bits per heavy atom. The molecule has 4 atom stereocenters. The van der Waals surface area contributed by atoms with Crippen molar-refractivity contribution in [3.05, 3.63) is 24.3 Å². The van der Waals surface area contributed by atoms with Crippen LogP contribution in [0.5, 0.6) is 0 Å². The zero-order valence-electron chi connectivity index (χ0n) is 12.2.